The summed E-state index contributed by atoms with van der Waals surface area (Å²) in [7, 11) is 0. The number of hydrogen-bond donors (Lipinski definition) is 7. The predicted octanol–water partition coefficient (Wildman–Crippen LogP) is 7.90. The molecule has 1 atom stereocenters. The van der Waals surface area contributed by atoms with Crippen LogP contribution < -0.4 is 16.0 Å². The minimum atomic E-state index is -0.824. The highest BCUT2D eigenvalue weighted by Crippen LogP contribution is 2.38. The number of nitro benzene ring substituents is 1. The lowest BCUT2D eigenvalue weighted by Gasteiger charge is -2.16. The Bertz CT molecular complexity index is 2200. The van der Waals surface area contributed by atoms with Crippen molar-refractivity contribution in [1.82, 2.24) is 20.4 Å². The number of H-pyrrole nitrogens is 2. The molecule has 4 aromatic carbocycles. The van der Waals surface area contributed by atoms with Crippen LogP contribution in [0.2, 0.25) is 0 Å². The number of nitrogens with zero attached hydrogens (tertiary/aromatic N) is 3. The van der Waals surface area contributed by atoms with Gasteiger partial charge in [0.2, 0.25) is 11.8 Å². The van der Waals surface area contributed by atoms with Crippen LogP contribution >= 0.6 is 0 Å². The molecule has 51 heavy (non-hydrogen) atoms. The number of phenols is 2. The number of benzene rings is 4. The minimum Gasteiger partial charge on any atom is -0.504 e. The Morgan fingerprint density at radius 3 is 2.08 bits per heavy atom. The molecule has 7 N–H and O–H groups in total. The van der Waals surface area contributed by atoms with E-state index < -0.39 is 16.4 Å². The topological polar surface area (TPSA) is 211 Å². The first-order chi connectivity index (χ1) is 24.5. The second-order valence-corrected chi connectivity index (χ2v) is 11.7. The third-order valence-electron chi connectivity index (χ3n) is 7.98. The van der Waals surface area contributed by atoms with Crippen molar-refractivity contribution in [2.45, 2.75) is 52.5 Å². The molecule has 14 nitrogen and oxygen atoms in total. The van der Waals surface area contributed by atoms with Crippen LogP contribution in [0.1, 0.15) is 58.1 Å². The number of amides is 2. The quantitative estimate of drug-likeness (QED) is 0.0398. The van der Waals surface area contributed by atoms with E-state index in [4.69, 9.17) is 0 Å². The van der Waals surface area contributed by atoms with Crippen molar-refractivity contribution in [3.05, 3.63) is 94.3 Å². The van der Waals surface area contributed by atoms with E-state index in [9.17, 15) is 29.9 Å². The summed E-state index contributed by atoms with van der Waals surface area (Å²) >= 11 is 0. The predicted molar refractivity (Wildman–Crippen MR) is 193 cm³/mol. The van der Waals surface area contributed by atoms with E-state index in [0.29, 0.717) is 18.7 Å². The third kappa shape index (κ3) is 8.21. The number of nitro groups is 1. The lowest BCUT2D eigenvalue weighted by atomic mass is 10.0. The highest BCUT2D eigenvalue weighted by atomic mass is 19.1. The molecule has 0 aliphatic rings. The fraction of sp³-hybridized carbons (Fsp3) is 0.222. The highest BCUT2D eigenvalue weighted by molar-refractivity contribution is 6.02. The highest BCUT2D eigenvalue weighted by Gasteiger charge is 2.26. The van der Waals surface area contributed by atoms with Crippen LogP contribution in [0, 0.1) is 15.9 Å². The molecular weight excluding hydrogens is 659 g/mol. The van der Waals surface area contributed by atoms with Crippen LogP contribution in [0.5, 0.6) is 11.5 Å². The normalized spacial score (nSPS) is 11.5. The molecule has 264 valence electrons. The van der Waals surface area contributed by atoms with Gasteiger partial charge in [-0.1, -0.05) is 56.3 Å². The first-order valence-electron chi connectivity index (χ1n) is 16.3. The number of aromatic amines is 2. The molecule has 6 aromatic rings. The fourth-order valence-electron chi connectivity index (χ4n) is 5.36. The smallest absolute Gasteiger partial charge is 0.296 e. The van der Waals surface area contributed by atoms with Gasteiger partial charge >= 0.3 is 0 Å². The summed E-state index contributed by atoms with van der Waals surface area (Å²) in [5.74, 6) is -0.920. The zero-order chi connectivity index (χ0) is 36.7. The van der Waals surface area contributed by atoms with Crippen molar-refractivity contribution < 1.29 is 29.1 Å². The molecule has 0 saturated heterocycles. The van der Waals surface area contributed by atoms with Crippen LogP contribution in [0.4, 0.5) is 27.4 Å². The van der Waals surface area contributed by atoms with Gasteiger partial charge in [0.1, 0.15) is 5.52 Å². The van der Waals surface area contributed by atoms with Crippen molar-refractivity contribution in [2.24, 2.45) is 0 Å². The van der Waals surface area contributed by atoms with Gasteiger partial charge in [0.15, 0.2) is 34.6 Å². The fourth-order valence-corrected chi connectivity index (χ4v) is 5.36. The molecule has 0 aliphatic carbocycles. The van der Waals surface area contributed by atoms with Crippen molar-refractivity contribution in [3.63, 3.8) is 0 Å². The van der Waals surface area contributed by atoms with E-state index in [1.807, 2.05) is 62.4 Å². The molecule has 2 amide bonds. The van der Waals surface area contributed by atoms with E-state index in [1.165, 1.54) is 18.2 Å². The van der Waals surface area contributed by atoms with Gasteiger partial charge in [0.25, 0.3) is 5.69 Å². The summed E-state index contributed by atoms with van der Waals surface area (Å²) in [5.41, 5.74) is 2.59. The van der Waals surface area contributed by atoms with E-state index >= 15 is 4.39 Å². The lowest BCUT2D eigenvalue weighted by Crippen LogP contribution is -2.11. The number of carbonyl (C=O) groups excluding carboxylic acids is 2. The number of hydrogen-bond acceptors (Lipinski definition) is 9. The molecule has 6 rings (SSSR count). The van der Waals surface area contributed by atoms with E-state index in [0.717, 1.165) is 34.0 Å². The molecule has 2 heterocycles. The number of halogens is 1. The Balaban J connectivity index is 0.000000201. The van der Waals surface area contributed by atoms with Gasteiger partial charge in [-0.3, -0.25) is 29.9 Å². The van der Waals surface area contributed by atoms with Crippen LogP contribution in [0.3, 0.4) is 0 Å². The van der Waals surface area contributed by atoms with E-state index in [-0.39, 0.29) is 58.2 Å². The molecule has 0 saturated carbocycles. The van der Waals surface area contributed by atoms with E-state index in [1.54, 1.807) is 13.0 Å². The Hall–Kier alpha value is -6.51. The average molecular weight is 697 g/mol. The minimum absolute atomic E-state index is 0.0137. The first-order valence-corrected chi connectivity index (χ1v) is 16.3. The van der Waals surface area contributed by atoms with Crippen LogP contribution in [0.25, 0.3) is 32.9 Å². The molecular formula is C36H37FN8O6. The Morgan fingerprint density at radius 2 is 1.45 bits per heavy atom. The molecule has 0 spiro atoms. The largest absolute Gasteiger partial charge is 0.504 e. The molecule has 0 fully saturated rings. The monoisotopic (exact) mass is 696 g/mol. The number of carbonyl (C=O) groups is 2. The first kappa shape index (κ1) is 35.8. The molecule has 0 radical (unpaired) electrons. The zero-order valence-corrected chi connectivity index (χ0v) is 28.1. The number of fused-ring (bicyclic) bond motifs is 2. The van der Waals surface area contributed by atoms with Gasteiger partial charge in [-0.2, -0.15) is 10.2 Å². The number of anilines is 3. The van der Waals surface area contributed by atoms with Gasteiger partial charge in [-0.15, -0.1) is 0 Å². The van der Waals surface area contributed by atoms with Gasteiger partial charge in [0, 0.05) is 30.3 Å². The summed E-state index contributed by atoms with van der Waals surface area (Å²) in [6.07, 6.45) is 2.14. The molecule has 0 aliphatic heterocycles. The van der Waals surface area contributed by atoms with Crippen molar-refractivity contribution in [2.75, 3.05) is 16.0 Å². The van der Waals surface area contributed by atoms with Gasteiger partial charge in [0.05, 0.1) is 15.8 Å². The third-order valence-corrected chi connectivity index (χ3v) is 7.98. The van der Waals surface area contributed by atoms with Crippen LogP contribution in [-0.2, 0) is 9.59 Å². The number of nitrogens with one attached hydrogen (secondary N) is 5. The SMILES string of the molecule is CCCC(=O)Nc1n[nH]c2c(F)c(NC(C)c3ccccc3)c([N+](=O)[O-])cc12.CCCC(=O)Nc1n[nH]c2cc(-c3ccc(O)c(O)c3)ccc12. The van der Waals surface area contributed by atoms with Crippen molar-refractivity contribution in [1.29, 1.82) is 0 Å². The van der Waals surface area contributed by atoms with Gasteiger partial charge in [-0.25, -0.2) is 4.39 Å². The maximum absolute atomic E-state index is 15.1. The number of phenolic OH excluding ortho intramolecular Hbond substituents is 2. The molecule has 1 unspecified atom stereocenters. The summed E-state index contributed by atoms with van der Waals surface area (Å²) in [6.45, 7) is 5.58. The summed E-state index contributed by atoms with van der Waals surface area (Å²) in [6, 6.07) is 20.3. The standard InChI is InChI=1S/C19H20FN5O3.C17H17N3O3/c1-3-7-15(26)22-19-13-10-14(25(27)28)18(16(20)17(13)23-24-19)21-11(2)12-8-5-4-6-9-12;1-2-3-16(23)18-17-12-6-4-10(8-13(12)19-20-17)11-5-7-14(21)15(22)9-11/h4-6,8-11,21H,3,7H2,1-2H3,(H2,22,23,24,26);4-9,21-22H,2-3H2,1H3,(H2,18,19,20,23). The van der Waals surface area contributed by atoms with Gasteiger partial charge in [-0.05, 0) is 60.7 Å². The van der Waals surface area contributed by atoms with Gasteiger partial charge < -0.3 is 26.2 Å². The second-order valence-electron chi connectivity index (χ2n) is 11.7. The van der Waals surface area contributed by atoms with Crippen molar-refractivity contribution in [3.8, 4) is 22.6 Å². The summed E-state index contributed by atoms with van der Waals surface area (Å²) in [4.78, 5) is 34.4. The molecule has 2 aromatic heterocycles. The zero-order valence-electron chi connectivity index (χ0n) is 28.1. The molecule has 15 heteroatoms. The maximum atomic E-state index is 15.1. The Morgan fingerprint density at radius 1 is 0.843 bits per heavy atom. The summed E-state index contributed by atoms with van der Waals surface area (Å²) in [5, 5.41) is 53.2. The number of aromatic nitrogens is 4. The van der Waals surface area contributed by atoms with Crippen LogP contribution in [-0.4, -0.2) is 47.3 Å². The van der Waals surface area contributed by atoms with Crippen LogP contribution in [0.15, 0.2) is 72.8 Å². The number of aromatic hydroxyl groups is 2. The average Bonchev–Trinajstić information content (AvgIpc) is 3.71. The summed E-state index contributed by atoms with van der Waals surface area (Å²) < 4.78 is 15.1. The maximum Gasteiger partial charge on any atom is 0.296 e. The Kier molecular flexibility index (Phi) is 11.1. The number of rotatable bonds is 11. The van der Waals surface area contributed by atoms with E-state index in [2.05, 4.69) is 36.3 Å². The van der Waals surface area contributed by atoms with Crippen molar-refractivity contribution >= 4 is 56.6 Å². The second kappa shape index (κ2) is 15.8. The lowest BCUT2D eigenvalue weighted by molar-refractivity contribution is -0.384. The Labute approximate surface area is 291 Å². The molecule has 0 bridgehead atoms.